The highest BCUT2D eigenvalue weighted by Gasteiger charge is 2.53. The van der Waals surface area contributed by atoms with Gasteiger partial charge in [-0.2, -0.15) is 0 Å². The summed E-state index contributed by atoms with van der Waals surface area (Å²) in [6.07, 6.45) is 8.14. The number of ether oxygens (including phenoxy) is 5. The van der Waals surface area contributed by atoms with Crippen LogP contribution >= 0.6 is 24.0 Å². The highest BCUT2D eigenvalue weighted by atomic mass is 32.2. The third kappa shape index (κ3) is 5.08. The van der Waals surface area contributed by atoms with E-state index in [1.54, 1.807) is 32.4 Å². The minimum Gasteiger partial charge on any atom is -0.493 e. The molecule has 1 aliphatic heterocycles. The Kier molecular flexibility index (Phi) is 7.63. The molecule has 1 amide bonds. The molecule has 0 radical (unpaired) electrons. The maximum atomic E-state index is 13.6. The van der Waals surface area contributed by atoms with E-state index in [1.807, 2.05) is 17.0 Å². The number of nitrogens with zero attached hydrogens (tertiary/aromatic N) is 1. The van der Waals surface area contributed by atoms with Crippen molar-refractivity contribution in [1.82, 2.24) is 4.90 Å². The summed E-state index contributed by atoms with van der Waals surface area (Å²) in [4.78, 5) is 16.2. The second kappa shape index (κ2) is 11.2. The minimum atomic E-state index is 0.0111. The van der Waals surface area contributed by atoms with Crippen LogP contribution in [0, 0.1) is 23.7 Å². The molecular weight excluding hydrogens is 538 g/mol. The summed E-state index contributed by atoms with van der Waals surface area (Å²) in [6.45, 7) is 0.0663. The summed E-state index contributed by atoms with van der Waals surface area (Å²) < 4.78 is 33.9. The van der Waals surface area contributed by atoms with Crippen molar-refractivity contribution in [3.05, 3.63) is 34.9 Å². The first-order valence-corrected chi connectivity index (χ1v) is 14.5. The van der Waals surface area contributed by atoms with Gasteiger partial charge in [-0.1, -0.05) is 24.0 Å². The standard InChI is InChI=1S/C29H33NO7S2/c1-32-14-35-24-12-18(11-23(34-3)27(24)36-15-33-2)22-5-4-21(37-22)13-25-28(31)30(29(38)39-25)26-19-7-16-6-17(9-19)10-20(26)8-16/h4-5,11-13,16-17,19-20,26H,6-10,14-15H2,1-3H3/b25-13-. The van der Waals surface area contributed by atoms with Gasteiger partial charge in [0.1, 0.15) is 15.8 Å². The number of methoxy groups -OCH3 is 3. The van der Waals surface area contributed by atoms with Crippen LogP contribution in [0.5, 0.6) is 17.2 Å². The van der Waals surface area contributed by atoms with Gasteiger partial charge >= 0.3 is 0 Å². The Balaban J connectivity index is 1.24. The maximum Gasteiger partial charge on any atom is 0.266 e. The van der Waals surface area contributed by atoms with Crippen molar-refractivity contribution in [2.75, 3.05) is 34.9 Å². The van der Waals surface area contributed by atoms with Gasteiger partial charge in [0.05, 0.1) is 12.0 Å². The van der Waals surface area contributed by atoms with Gasteiger partial charge in [0.15, 0.2) is 25.1 Å². The molecule has 4 bridgehead atoms. The van der Waals surface area contributed by atoms with E-state index < -0.39 is 0 Å². The molecule has 2 heterocycles. The molecule has 0 atom stereocenters. The fraction of sp³-hybridized carbons (Fsp3) is 0.517. The number of carbonyl (C=O) groups is 1. The van der Waals surface area contributed by atoms with E-state index in [0.29, 0.717) is 49.8 Å². The number of furan rings is 1. The second-order valence-corrected chi connectivity index (χ2v) is 12.5. The van der Waals surface area contributed by atoms with E-state index in [2.05, 4.69) is 0 Å². The van der Waals surface area contributed by atoms with E-state index in [-0.39, 0.29) is 25.5 Å². The van der Waals surface area contributed by atoms with Crippen molar-refractivity contribution in [1.29, 1.82) is 0 Å². The van der Waals surface area contributed by atoms with Gasteiger partial charge in [-0.25, -0.2) is 0 Å². The molecule has 10 heteroatoms. The molecule has 0 spiro atoms. The van der Waals surface area contributed by atoms with Crippen molar-refractivity contribution in [3.8, 4) is 28.6 Å². The Labute approximate surface area is 237 Å². The molecule has 0 unspecified atom stereocenters. The number of hydrogen-bond donors (Lipinski definition) is 0. The topological polar surface area (TPSA) is 79.6 Å². The first kappa shape index (κ1) is 26.7. The first-order chi connectivity index (χ1) is 19.0. The van der Waals surface area contributed by atoms with E-state index in [1.165, 1.54) is 51.0 Å². The SMILES string of the molecule is COCOc1cc(-c2ccc(/C=C3\SC(=S)N(C4C5CC6CC(C5)CC4C6)C3=O)o2)cc(OC)c1OCOC. The molecule has 1 aromatic carbocycles. The summed E-state index contributed by atoms with van der Waals surface area (Å²) in [5.41, 5.74) is 0.725. The van der Waals surface area contributed by atoms with Crippen LogP contribution in [0.4, 0.5) is 0 Å². The third-order valence-electron chi connectivity index (χ3n) is 8.38. The zero-order valence-electron chi connectivity index (χ0n) is 22.3. The molecule has 7 rings (SSSR count). The van der Waals surface area contributed by atoms with Gasteiger partial charge in [0.2, 0.25) is 5.75 Å². The Hall–Kier alpha value is -2.53. The third-order valence-corrected chi connectivity index (χ3v) is 9.71. The highest BCUT2D eigenvalue weighted by Crippen LogP contribution is 2.56. The second-order valence-electron chi connectivity index (χ2n) is 10.8. The fourth-order valence-corrected chi connectivity index (χ4v) is 8.46. The molecule has 5 fully saturated rings. The molecule has 1 saturated heterocycles. The quantitative estimate of drug-likeness (QED) is 0.195. The number of thiocarbonyl (C=S) groups is 1. The lowest BCUT2D eigenvalue weighted by atomic mass is 9.54. The number of hydrogen-bond acceptors (Lipinski definition) is 9. The smallest absolute Gasteiger partial charge is 0.266 e. The predicted octanol–water partition coefficient (Wildman–Crippen LogP) is 5.95. The van der Waals surface area contributed by atoms with Crippen LogP contribution in [0.2, 0.25) is 0 Å². The van der Waals surface area contributed by atoms with Gasteiger partial charge in [0.25, 0.3) is 5.91 Å². The lowest BCUT2D eigenvalue weighted by molar-refractivity contribution is -0.130. The van der Waals surface area contributed by atoms with Crippen LogP contribution in [-0.4, -0.2) is 56.1 Å². The molecule has 8 nitrogen and oxygen atoms in total. The van der Waals surface area contributed by atoms with E-state index >= 15 is 0 Å². The van der Waals surface area contributed by atoms with Gasteiger partial charge < -0.3 is 28.1 Å². The molecular formula is C29H33NO7S2. The van der Waals surface area contributed by atoms with E-state index in [9.17, 15) is 4.79 Å². The fourth-order valence-electron chi connectivity index (χ4n) is 7.13. The average Bonchev–Trinajstić information content (AvgIpc) is 3.50. The zero-order chi connectivity index (χ0) is 27.1. The van der Waals surface area contributed by atoms with Crippen molar-refractivity contribution in [3.63, 3.8) is 0 Å². The molecule has 208 valence electrons. The van der Waals surface area contributed by atoms with Crippen LogP contribution < -0.4 is 14.2 Å². The Bertz CT molecular complexity index is 1260. The van der Waals surface area contributed by atoms with Crippen molar-refractivity contribution >= 4 is 40.3 Å². The Morgan fingerprint density at radius 3 is 2.31 bits per heavy atom. The number of benzene rings is 1. The molecule has 0 N–H and O–H groups in total. The summed E-state index contributed by atoms with van der Waals surface area (Å²) in [6, 6.07) is 7.55. The number of rotatable bonds is 10. The van der Waals surface area contributed by atoms with Gasteiger partial charge in [-0.3, -0.25) is 9.69 Å². The summed E-state index contributed by atoms with van der Waals surface area (Å²) >= 11 is 7.13. The lowest BCUT2D eigenvalue weighted by Gasteiger charge is -2.56. The summed E-state index contributed by atoms with van der Waals surface area (Å²) in [7, 11) is 4.64. The molecule has 39 heavy (non-hydrogen) atoms. The van der Waals surface area contributed by atoms with Gasteiger partial charge in [0, 0.05) is 31.9 Å². The summed E-state index contributed by atoms with van der Waals surface area (Å²) in [5.74, 6) is 5.33. The zero-order valence-corrected chi connectivity index (χ0v) is 24.0. The van der Waals surface area contributed by atoms with Crippen LogP contribution in [0.25, 0.3) is 17.4 Å². The van der Waals surface area contributed by atoms with Crippen molar-refractivity contribution < 1.29 is 32.9 Å². The van der Waals surface area contributed by atoms with E-state index in [4.69, 9.17) is 40.3 Å². The Morgan fingerprint density at radius 2 is 1.64 bits per heavy atom. The molecule has 4 aliphatic carbocycles. The first-order valence-electron chi connectivity index (χ1n) is 13.3. The predicted molar refractivity (Wildman–Crippen MR) is 152 cm³/mol. The Morgan fingerprint density at radius 1 is 0.974 bits per heavy atom. The molecule has 2 aromatic rings. The molecule has 4 saturated carbocycles. The van der Waals surface area contributed by atoms with Crippen LogP contribution in [0.3, 0.4) is 0 Å². The van der Waals surface area contributed by atoms with E-state index in [0.717, 1.165) is 17.4 Å². The maximum absolute atomic E-state index is 13.6. The van der Waals surface area contributed by atoms with Gasteiger partial charge in [-0.05, 0) is 80.0 Å². The van der Waals surface area contributed by atoms with Crippen molar-refractivity contribution in [2.24, 2.45) is 23.7 Å². The lowest BCUT2D eigenvalue weighted by Crippen LogP contribution is -2.57. The highest BCUT2D eigenvalue weighted by molar-refractivity contribution is 8.26. The minimum absolute atomic E-state index is 0.0111. The number of amides is 1. The van der Waals surface area contributed by atoms with Crippen LogP contribution in [0.1, 0.15) is 37.9 Å². The largest absolute Gasteiger partial charge is 0.493 e. The monoisotopic (exact) mass is 571 g/mol. The normalized spacial score (nSPS) is 28.5. The van der Waals surface area contributed by atoms with Crippen LogP contribution in [0.15, 0.2) is 33.6 Å². The van der Waals surface area contributed by atoms with Crippen molar-refractivity contribution in [2.45, 2.75) is 38.1 Å². The average molecular weight is 572 g/mol. The number of thioether (sulfide) groups is 1. The van der Waals surface area contributed by atoms with Crippen LogP contribution in [-0.2, 0) is 14.3 Å². The van der Waals surface area contributed by atoms with Gasteiger partial charge in [-0.15, -0.1) is 0 Å². The molecule has 1 aromatic heterocycles. The number of carbonyl (C=O) groups excluding carboxylic acids is 1. The summed E-state index contributed by atoms with van der Waals surface area (Å²) in [5, 5.41) is 0. The molecule has 5 aliphatic rings.